The van der Waals surface area contributed by atoms with Gasteiger partial charge in [0.1, 0.15) is 0 Å². The Labute approximate surface area is 109 Å². The van der Waals surface area contributed by atoms with Crippen molar-refractivity contribution in [2.75, 3.05) is 6.54 Å². The van der Waals surface area contributed by atoms with Crippen LogP contribution in [0.4, 0.5) is 0 Å². The maximum atomic E-state index is 3.78. The van der Waals surface area contributed by atoms with Crippen molar-refractivity contribution in [3.8, 4) is 0 Å². The molecule has 0 radical (unpaired) electrons. The Morgan fingerprint density at radius 1 is 1.00 bits per heavy atom. The van der Waals surface area contributed by atoms with Gasteiger partial charge in [0, 0.05) is 5.54 Å². The van der Waals surface area contributed by atoms with Gasteiger partial charge in [0.15, 0.2) is 0 Å². The third kappa shape index (κ3) is 4.99. The zero-order valence-corrected chi connectivity index (χ0v) is 12.4. The smallest absolute Gasteiger partial charge is 0.0204 e. The van der Waals surface area contributed by atoms with E-state index < -0.39 is 0 Å². The SMILES string of the molecule is CCCCCCCCCC1(C(C)C)CCCN1. The van der Waals surface area contributed by atoms with E-state index in [-0.39, 0.29) is 0 Å². The lowest BCUT2D eigenvalue weighted by Gasteiger charge is -2.34. The lowest BCUT2D eigenvalue weighted by Crippen LogP contribution is -2.44. The van der Waals surface area contributed by atoms with Gasteiger partial charge in [-0.3, -0.25) is 0 Å². The van der Waals surface area contributed by atoms with Crippen LogP contribution in [-0.2, 0) is 0 Å². The van der Waals surface area contributed by atoms with E-state index in [0.29, 0.717) is 5.54 Å². The second-order valence-corrected chi connectivity index (χ2v) is 6.21. The summed E-state index contributed by atoms with van der Waals surface area (Å²) in [5.74, 6) is 0.796. The lowest BCUT2D eigenvalue weighted by molar-refractivity contribution is 0.243. The standard InChI is InChI=1S/C16H33N/c1-4-5-6-7-8-9-10-12-16(15(2)3)13-11-14-17-16/h15,17H,4-14H2,1-3H3. The molecule has 1 aliphatic rings. The average molecular weight is 239 g/mol. The monoisotopic (exact) mass is 239 g/mol. The van der Waals surface area contributed by atoms with E-state index in [2.05, 4.69) is 26.1 Å². The molecular formula is C16H33N. The number of hydrogen-bond donors (Lipinski definition) is 1. The molecule has 1 unspecified atom stereocenters. The van der Waals surface area contributed by atoms with Crippen LogP contribution in [0.25, 0.3) is 0 Å². The van der Waals surface area contributed by atoms with Crippen LogP contribution in [0.1, 0.15) is 85.0 Å². The van der Waals surface area contributed by atoms with Crippen LogP contribution >= 0.6 is 0 Å². The van der Waals surface area contributed by atoms with E-state index in [1.54, 1.807) is 0 Å². The summed E-state index contributed by atoms with van der Waals surface area (Å²) < 4.78 is 0. The zero-order chi connectivity index (χ0) is 12.6. The normalized spacial score (nSPS) is 24.7. The van der Waals surface area contributed by atoms with Gasteiger partial charge in [-0.25, -0.2) is 0 Å². The maximum absolute atomic E-state index is 3.78. The minimum atomic E-state index is 0.490. The van der Waals surface area contributed by atoms with E-state index in [1.807, 2.05) is 0 Å². The molecule has 102 valence electrons. The van der Waals surface area contributed by atoms with Gasteiger partial charge in [0.25, 0.3) is 0 Å². The minimum absolute atomic E-state index is 0.490. The van der Waals surface area contributed by atoms with Gasteiger partial charge in [-0.2, -0.15) is 0 Å². The van der Waals surface area contributed by atoms with Crippen LogP contribution in [0.15, 0.2) is 0 Å². The van der Waals surface area contributed by atoms with Crippen molar-refractivity contribution in [2.45, 2.75) is 90.5 Å². The first-order chi connectivity index (χ1) is 8.21. The highest BCUT2D eigenvalue weighted by Crippen LogP contribution is 2.32. The molecule has 1 nitrogen and oxygen atoms in total. The summed E-state index contributed by atoms with van der Waals surface area (Å²) in [6.45, 7) is 8.31. The fourth-order valence-electron chi connectivity index (χ4n) is 3.22. The van der Waals surface area contributed by atoms with Crippen LogP contribution in [0, 0.1) is 5.92 Å². The molecule has 1 heterocycles. The molecule has 1 atom stereocenters. The van der Waals surface area contributed by atoms with Crippen molar-refractivity contribution >= 4 is 0 Å². The highest BCUT2D eigenvalue weighted by molar-refractivity contribution is 4.95. The Kier molecular flexibility index (Phi) is 7.18. The Morgan fingerprint density at radius 3 is 2.18 bits per heavy atom. The topological polar surface area (TPSA) is 12.0 Å². The number of unbranched alkanes of at least 4 members (excludes halogenated alkanes) is 6. The highest BCUT2D eigenvalue weighted by atomic mass is 15.0. The summed E-state index contributed by atoms with van der Waals surface area (Å²) in [4.78, 5) is 0. The molecule has 0 aromatic heterocycles. The molecule has 0 amide bonds. The molecule has 1 fully saturated rings. The first-order valence-electron chi connectivity index (χ1n) is 7.96. The first-order valence-corrected chi connectivity index (χ1v) is 7.96. The van der Waals surface area contributed by atoms with Crippen molar-refractivity contribution in [3.05, 3.63) is 0 Å². The van der Waals surface area contributed by atoms with Crippen LogP contribution in [0.5, 0.6) is 0 Å². The highest BCUT2D eigenvalue weighted by Gasteiger charge is 2.35. The van der Waals surface area contributed by atoms with Crippen LogP contribution in [-0.4, -0.2) is 12.1 Å². The van der Waals surface area contributed by atoms with E-state index in [0.717, 1.165) is 5.92 Å². The van der Waals surface area contributed by atoms with Crippen molar-refractivity contribution in [2.24, 2.45) is 5.92 Å². The van der Waals surface area contributed by atoms with Gasteiger partial charge < -0.3 is 5.32 Å². The summed E-state index contributed by atoms with van der Waals surface area (Å²) in [5.41, 5.74) is 0.490. The van der Waals surface area contributed by atoms with E-state index in [1.165, 1.54) is 70.8 Å². The van der Waals surface area contributed by atoms with Gasteiger partial charge in [-0.1, -0.05) is 65.7 Å². The maximum Gasteiger partial charge on any atom is 0.0204 e. The fraction of sp³-hybridized carbons (Fsp3) is 1.00. The van der Waals surface area contributed by atoms with Crippen LogP contribution < -0.4 is 5.32 Å². The minimum Gasteiger partial charge on any atom is -0.311 e. The fourth-order valence-corrected chi connectivity index (χ4v) is 3.22. The second kappa shape index (κ2) is 8.13. The first kappa shape index (κ1) is 15.0. The third-order valence-corrected chi connectivity index (χ3v) is 4.61. The second-order valence-electron chi connectivity index (χ2n) is 6.21. The van der Waals surface area contributed by atoms with Gasteiger partial charge in [0.05, 0.1) is 0 Å². The molecule has 1 rings (SSSR count). The van der Waals surface area contributed by atoms with Gasteiger partial charge in [-0.05, 0) is 31.7 Å². The molecule has 1 saturated heterocycles. The molecule has 1 N–H and O–H groups in total. The molecule has 0 saturated carbocycles. The molecule has 0 aliphatic carbocycles. The van der Waals surface area contributed by atoms with Crippen molar-refractivity contribution in [3.63, 3.8) is 0 Å². The van der Waals surface area contributed by atoms with Crippen molar-refractivity contribution in [1.82, 2.24) is 5.32 Å². The third-order valence-electron chi connectivity index (χ3n) is 4.61. The Balaban J connectivity index is 2.08. The zero-order valence-electron chi connectivity index (χ0n) is 12.4. The number of hydrogen-bond acceptors (Lipinski definition) is 1. The molecule has 0 aromatic carbocycles. The molecule has 17 heavy (non-hydrogen) atoms. The average Bonchev–Trinajstić information content (AvgIpc) is 2.78. The van der Waals surface area contributed by atoms with Gasteiger partial charge >= 0.3 is 0 Å². The Hall–Kier alpha value is -0.0400. The molecule has 1 heteroatoms. The van der Waals surface area contributed by atoms with E-state index >= 15 is 0 Å². The van der Waals surface area contributed by atoms with Crippen LogP contribution in [0.3, 0.4) is 0 Å². The molecule has 0 aromatic rings. The summed E-state index contributed by atoms with van der Waals surface area (Å²) >= 11 is 0. The Bertz CT molecular complexity index is 180. The summed E-state index contributed by atoms with van der Waals surface area (Å²) in [7, 11) is 0. The number of nitrogens with one attached hydrogen (secondary N) is 1. The van der Waals surface area contributed by atoms with Crippen molar-refractivity contribution in [1.29, 1.82) is 0 Å². The van der Waals surface area contributed by atoms with E-state index in [9.17, 15) is 0 Å². The number of rotatable bonds is 9. The Morgan fingerprint density at radius 2 is 1.65 bits per heavy atom. The van der Waals surface area contributed by atoms with Gasteiger partial charge in [-0.15, -0.1) is 0 Å². The molecular weight excluding hydrogens is 206 g/mol. The largest absolute Gasteiger partial charge is 0.311 e. The predicted octanol–water partition coefficient (Wildman–Crippen LogP) is 4.91. The summed E-state index contributed by atoms with van der Waals surface area (Å²) in [6.07, 6.45) is 14.2. The lowest BCUT2D eigenvalue weighted by atomic mass is 9.80. The molecule has 0 bridgehead atoms. The van der Waals surface area contributed by atoms with Crippen LogP contribution in [0.2, 0.25) is 0 Å². The molecule has 1 aliphatic heterocycles. The predicted molar refractivity (Wildman–Crippen MR) is 77.4 cm³/mol. The summed E-state index contributed by atoms with van der Waals surface area (Å²) in [6, 6.07) is 0. The van der Waals surface area contributed by atoms with E-state index in [4.69, 9.17) is 0 Å². The quantitative estimate of drug-likeness (QED) is 0.564. The summed E-state index contributed by atoms with van der Waals surface area (Å²) in [5, 5.41) is 3.78. The van der Waals surface area contributed by atoms with Gasteiger partial charge in [0.2, 0.25) is 0 Å². The molecule has 0 spiro atoms. The van der Waals surface area contributed by atoms with Crippen molar-refractivity contribution < 1.29 is 0 Å².